The van der Waals surface area contributed by atoms with Crippen LogP contribution >= 0.6 is 0 Å². The first-order chi connectivity index (χ1) is 10.4. The molecular weight excluding hydrogens is 300 g/mol. The first kappa shape index (κ1) is 15.8. The number of likely N-dealkylation sites (tertiary alicyclic amines) is 1. The van der Waals surface area contributed by atoms with Crippen molar-refractivity contribution in [3.63, 3.8) is 0 Å². The quantitative estimate of drug-likeness (QED) is 0.847. The van der Waals surface area contributed by atoms with Crippen molar-refractivity contribution in [2.75, 3.05) is 26.7 Å². The number of nitrogens with zero attached hydrogens (tertiary/aromatic N) is 2. The van der Waals surface area contributed by atoms with Crippen molar-refractivity contribution in [1.82, 2.24) is 9.21 Å². The minimum atomic E-state index is -3.38. The summed E-state index contributed by atoms with van der Waals surface area (Å²) >= 11 is 0. The maximum Gasteiger partial charge on any atom is 0.243 e. The van der Waals surface area contributed by atoms with Crippen LogP contribution in [0.2, 0.25) is 0 Å². The molecule has 2 fully saturated rings. The molecule has 0 N–H and O–H groups in total. The second kappa shape index (κ2) is 5.83. The van der Waals surface area contributed by atoms with Crippen LogP contribution in [0, 0.1) is 5.92 Å². The Kier molecular flexibility index (Phi) is 4.18. The summed E-state index contributed by atoms with van der Waals surface area (Å²) in [5.74, 6) is 1.15. The molecule has 1 aromatic carbocycles. The van der Waals surface area contributed by atoms with Crippen molar-refractivity contribution in [3.05, 3.63) is 24.3 Å². The van der Waals surface area contributed by atoms with E-state index in [1.165, 1.54) is 0 Å². The van der Waals surface area contributed by atoms with Gasteiger partial charge in [-0.05, 0) is 51.1 Å². The van der Waals surface area contributed by atoms with Gasteiger partial charge in [0.2, 0.25) is 10.0 Å². The van der Waals surface area contributed by atoms with Gasteiger partial charge in [-0.1, -0.05) is 0 Å². The number of hydrogen-bond donors (Lipinski definition) is 0. The molecule has 2 heterocycles. The van der Waals surface area contributed by atoms with Gasteiger partial charge in [0.15, 0.2) is 0 Å². The van der Waals surface area contributed by atoms with E-state index in [0.29, 0.717) is 29.1 Å². The summed E-state index contributed by atoms with van der Waals surface area (Å²) in [6.45, 7) is 7.03. The van der Waals surface area contributed by atoms with E-state index < -0.39 is 10.0 Å². The predicted octanol–water partition coefficient (Wildman–Crippen LogP) is 1.80. The van der Waals surface area contributed by atoms with Gasteiger partial charge in [-0.25, -0.2) is 8.42 Å². The number of rotatable bonds is 4. The van der Waals surface area contributed by atoms with Gasteiger partial charge in [-0.15, -0.1) is 0 Å². The van der Waals surface area contributed by atoms with Crippen LogP contribution in [0.1, 0.15) is 20.3 Å². The van der Waals surface area contributed by atoms with Crippen molar-refractivity contribution < 1.29 is 13.2 Å². The van der Waals surface area contributed by atoms with Crippen LogP contribution in [0.5, 0.6) is 5.75 Å². The molecule has 6 heteroatoms. The van der Waals surface area contributed by atoms with Gasteiger partial charge in [0.25, 0.3) is 0 Å². The summed E-state index contributed by atoms with van der Waals surface area (Å²) in [5, 5.41) is 0. The number of methoxy groups -OCH3 is 1. The van der Waals surface area contributed by atoms with Gasteiger partial charge in [-0.3, -0.25) is 0 Å². The standard InChI is InChI=1S/C16H24N2O3S/c1-12(2)17-9-8-16-13(10-17)11-18(16)22(19,20)15-6-4-14(21-3)5-7-15/h4-7,12-13,16H,8-11H2,1-3H3/t13-,16-/m1/s1. The van der Waals surface area contributed by atoms with Crippen molar-refractivity contribution in [1.29, 1.82) is 0 Å². The SMILES string of the molecule is COc1ccc(S(=O)(=O)N2C[C@H]3CN(C(C)C)CC[C@H]32)cc1. The largest absolute Gasteiger partial charge is 0.497 e. The van der Waals surface area contributed by atoms with E-state index in [-0.39, 0.29) is 6.04 Å². The van der Waals surface area contributed by atoms with Crippen molar-refractivity contribution in [2.24, 2.45) is 5.92 Å². The van der Waals surface area contributed by atoms with Gasteiger partial charge in [0, 0.05) is 31.1 Å². The molecule has 0 unspecified atom stereocenters. The van der Waals surface area contributed by atoms with Gasteiger partial charge in [-0.2, -0.15) is 4.31 Å². The molecule has 1 aromatic rings. The fourth-order valence-electron chi connectivity index (χ4n) is 3.46. The lowest BCUT2D eigenvalue weighted by Crippen LogP contribution is -2.65. The van der Waals surface area contributed by atoms with Crippen LogP contribution in [-0.4, -0.2) is 56.5 Å². The third-order valence-electron chi connectivity index (χ3n) is 4.91. The van der Waals surface area contributed by atoms with Crippen LogP contribution in [-0.2, 0) is 10.0 Å². The van der Waals surface area contributed by atoms with E-state index in [4.69, 9.17) is 4.74 Å². The monoisotopic (exact) mass is 324 g/mol. The van der Waals surface area contributed by atoms with Gasteiger partial charge in [0.05, 0.1) is 12.0 Å². The molecule has 2 aliphatic rings. The first-order valence-electron chi connectivity index (χ1n) is 7.83. The Hall–Kier alpha value is -1.11. The molecule has 5 nitrogen and oxygen atoms in total. The zero-order valence-electron chi connectivity index (χ0n) is 13.4. The van der Waals surface area contributed by atoms with Crippen LogP contribution in [0.15, 0.2) is 29.2 Å². The molecule has 3 rings (SSSR count). The summed E-state index contributed by atoms with van der Waals surface area (Å²) in [7, 11) is -1.80. The molecule has 2 saturated heterocycles. The molecule has 0 saturated carbocycles. The molecule has 0 bridgehead atoms. The fraction of sp³-hybridized carbons (Fsp3) is 0.625. The fourth-order valence-corrected chi connectivity index (χ4v) is 5.24. The van der Waals surface area contributed by atoms with Crippen LogP contribution in [0.25, 0.3) is 0 Å². The minimum absolute atomic E-state index is 0.169. The van der Waals surface area contributed by atoms with Crippen LogP contribution < -0.4 is 4.74 Å². The normalized spacial score (nSPS) is 26.5. The Balaban J connectivity index is 1.72. The van der Waals surface area contributed by atoms with E-state index in [9.17, 15) is 8.42 Å². The topological polar surface area (TPSA) is 49.9 Å². The molecular formula is C16H24N2O3S. The summed E-state index contributed by atoms with van der Waals surface area (Å²) < 4.78 is 32.3. The summed E-state index contributed by atoms with van der Waals surface area (Å²) in [6, 6.07) is 7.36. The second-order valence-corrected chi connectivity index (χ2v) is 8.35. The highest BCUT2D eigenvalue weighted by molar-refractivity contribution is 7.89. The second-order valence-electron chi connectivity index (χ2n) is 6.46. The number of sulfonamides is 1. The third-order valence-corrected chi connectivity index (χ3v) is 6.81. The molecule has 2 aliphatic heterocycles. The molecule has 0 radical (unpaired) electrons. The first-order valence-corrected chi connectivity index (χ1v) is 9.27. The zero-order valence-corrected chi connectivity index (χ0v) is 14.2. The lowest BCUT2D eigenvalue weighted by molar-refractivity contribution is 0.00221. The summed E-state index contributed by atoms with van der Waals surface area (Å²) in [5.41, 5.74) is 0. The molecule has 0 spiro atoms. The Morgan fingerprint density at radius 3 is 2.41 bits per heavy atom. The van der Waals surface area contributed by atoms with E-state index >= 15 is 0 Å². The van der Waals surface area contributed by atoms with E-state index in [0.717, 1.165) is 19.5 Å². The van der Waals surface area contributed by atoms with Crippen molar-refractivity contribution in [2.45, 2.75) is 37.2 Å². The van der Waals surface area contributed by atoms with Crippen molar-refractivity contribution in [3.8, 4) is 5.75 Å². The molecule has 0 amide bonds. The molecule has 0 aliphatic carbocycles. The Bertz CT molecular complexity index is 627. The lowest BCUT2D eigenvalue weighted by Gasteiger charge is -2.53. The molecule has 2 atom stereocenters. The number of ether oxygens (including phenoxy) is 1. The Morgan fingerprint density at radius 1 is 1.18 bits per heavy atom. The average Bonchev–Trinajstić information content (AvgIpc) is 2.48. The zero-order chi connectivity index (χ0) is 15.9. The number of piperidine rings is 1. The van der Waals surface area contributed by atoms with Gasteiger partial charge >= 0.3 is 0 Å². The Morgan fingerprint density at radius 2 is 1.86 bits per heavy atom. The van der Waals surface area contributed by atoms with E-state index in [1.54, 1.807) is 35.7 Å². The minimum Gasteiger partial charge on any atom is -0.497 e. The van der Waals surface area contributed by atoms with Gasteiger partial charge < -0.3 is 9.64 Å². The Labute approximate surface area is 132 Å². The molecule has 22 heavy (non-hydrogen) atoms. The van der Waals surface area contributed by atoms with E-state index in [2.05, 4.69) is 18.7 Å². The predicted molar refractivity (Wildman–Crippen MR) is 85.5 cm³/mol. The van der Waals surface area contributed by atoms with Crippen molar-refractivity contribution >= 4 is 10.0 Å². The molecule has 122 valence electrons. The highest BCUT2D eigenvalue weighted by atomic mass is 32.2. The number of fused-ring (bicyclic) bond motifs is 1. The number of benzene rings is 1. The van der Waals surface area contributed by atoms with Crippen LogP contribution in [0.3, 0.4) is 0 Å². The van der Waals surface area contributed by atoms with Gasteiger partial charge in [0.1, 0.15) is 5.75 Å². The average molecular weight is 324 g/mol. The summed E-state index contributed by atoms with van der Waals surface area (Å²) in [6.07, 6.45) is 0.929. The van der Waals surface area contributed by atoms with E-state index in [1.807, 2.05) is 0 Å². The molecule has 0 aromatic heterocycles. The third kappa shape index (κ3) is 2.64. The maximum absolute atomic E-state index is 12.8. The summed E-state index contributed by atoms with van der Waals surface area (Å²) in [4.78, 5) is 2.80. The highest BCUT2D eigenvalue weighted by Crippen LogP contribution is 2.37. The number of hydrogen-bond acceptors (Lipinski definition) is 4. The smallest absolute Gasteiger partial charge is 0.243 e. The maximum atomic E-state index is 12.8. The highest BCUT2D eigenvalue weighted by Gasteiger charge is 2.48. The van der Waals surface area contributed by atoms with Crippen LogP contribution in [0.4, 0.5) is 0 Å². The lowest BCUT2D eigenvalue weighted by atomic mass is 9.85.